The van der Waals surface area contributed by atoms with E-state index in [1.54, 1.807) is 0 Å². The quantitative estimate of drug-likeness (QED) is 0.606. The van der Waals surface area contributed by atoms with E-state index in [4.69, 9.17) is 0 Å². The molecule has 50 valence electrons. The molecule has 2 nitrogen and oxygen atoms in total. The molecule has 0 aliphatic rings. The van der Waals surface area contributed by atoms with Gasteiger partial charge in [0.25, 0.3) is 0 Å². The first kappa shape index (κ1) is 6.87. The average molecular weight is 185 g/mol. The standard InChI is InChI=1S/C6H12GeN2/c1-7(2,3)9-6-4-5-8-9/h4-6H,1-3H3. The molecular formula is C6H12GeN2. The summed E-state index contributed by atoms with van der Waals surface area (Å²) in [6.45, 7) is 0. The molecule has 0 aliphatic carbocycles. The van der Waals surface area contributed by atoms with E-state index in [0.29, 0.717) is 0 Å². The van der Waals surface area contributed by atoms with Gasteiger partial charge in [0.2, 0.25) is 0 Å². The fourth-order valence-corrected chi connectivity index (χ4v) is 2.65. The number of hydrogen-bond donors (Lipinski definition) is 0. The van der Waals surface area contributed by atoms with Crippen molar-refractivity contribution in [1.29, 1.82) is 0 Å². The van der Waals surface area contributed by atoms with Gasteiger partial charge in [-0.3, -0.25) is 0 Å². The van der Waals surface area contributed by atoms with Gasteiger partial charge >= 0.3 is 58.0 Å². The van der Waals surface area contributed by atoms with E-state index in [-0.39, 0.29) is 0 Å². The van der Waals surface area contributed by atoms with Gasteiger partial charge in [0.15, 0.2) is 0 Å². The molecule has 1 aromatic heterocycles. The molecule has 0 N–H and O–H groups in total. The van der Waals surface area contributed by atoms with Crippen molar-refractivity contribution in [2.45, 2.75) is 17.3 Å². The SMILES string of the molecule is [CH3][Ge]([CH3])([CH3])[n]1cccn1. The van der Waals surface area contributed by atoms with Crippen LogP contribution in [-0.2, 0) is 0 Å². The molecule has 0 saturated heterocycles. The van der Waals surface area contributed by atoms with Gasteiger partial charge in [-0.05, 0) is 0 Å². The molecule has 1 aromatic rings. The van der Waals surface area contributed by atoms with Crippen molar-refractivity contribution in [3.8, 4) is 0 Å². The second kappa shape index (κ2) is 2.17. The van der Waals surface area contributed by atoms with Crippen molar-refractivity contribution < 1.29 is 0 Å². The van der Waals surface area contributed by atoms with Gasteiger partial charge in [0, 0.05) is 0 Å². The summed E-state index contributed by atoms with van der Waals surface area (Å²) in [5.41, 5.74) is 0. The van der Waals surface area contributed by atoms with Gasteiger partial charge in [0.1, 0.15) is 0 Å². The zero-order chi connectivity index (χ0) is 6.91. The Kier molecular flexibility index (Phi) is 1.66. The predicted octanol–water partition coefficient (Wildman–Crippen LogP) is 1.57. The van der Waals surface area contributed by atoms with E-state index in [2.05, 4.69) is 32.2 Å². The number of nitrogens with zero attached hydrogens (tertiary/aromatic N) is 2. The van der Waals surface area contributed by atoms with Crippen molar-refractivity contribution in [2.24, 2.45) is 0 Å². The van der Waals surface area contributed by atoms with Crippen LogP contribution in [0.5, 0.6) is 0 Å². The molecule has 0 saturated carbocycles. The summed E-state index contributed by atoms with van der Waals surface area (Å²) in [5.74, 6) is 6.94. The Morgan fingerprint density at radius 2 is 2.00 bits per heavy atom. The molecule has 1 heterocycles. The molecule has 0 bridgehead atoms. The van der Waals surface area contributed by atoms with E-state index in [0.717, 1.165) is 0 Å². The van der Waals surface area contributed by atoms with Crippen LogP contribution >= 0.6 is 0 Å². The second-order valence-corrected chi connectivity index (χ2v) is 13.2. The van der Waals surface area contributed by atoms with Gasteiger partial charge in [-0.25, -0.2) is 0 Å². The Morgan fingerprint density at radius 1 is 1.33 bits per heavy atom. The third-order valence-corrected chi connectivity index (χ3v) is 4.63. The van der Waals surface area contributed by atoms with Gasteiger partial charge in [-0.2, -0.15) is 0 Å². The number of rotatable bonds is 1. The van der Waals surface area contributed by atoms with Crippen LogP contribution < -0.4 is 0 Å². The van der Waals surface area contributed by atoms with Crippen molar-refractivity contribution in [1.82, 2.24) is 8.74 Å². The van der Waals surface area contributed by atoms with Crippen molar-refractivity contribution in [3.63, 3.8) is 0 Å². The molecule has 0 aromatic carbocycles. The van der Waals surface area contributed by atoms with Gasteiger partial charge in [0.05, 0.1) is 0 Å². The molecular weight excluding hydrogens is 173 g/mol. The normalized spacial score (nSPS) is 11.9. The average Bonchev–Trinajstić information content (AvgIpc) is 2.08. The summed E-state index contributed by atoms with van der Waals surface area (Å²) in [6, 6.07) is 1.98. The Labute approximate surface area is 58.5 Å². The Bertz CT molecular complexity index is 173. The van der Waals surface area contributed by atoms with Crippen LogP contribution in [0, 0.1) is 0 Å². The summed E-state index contributed by atoms with van der Waals surface area (Å²) in [7, 11) is 0. The molecule has 0 spiro atoms. The third-order valence-electron chi connectivity index (χ3n) is 1.19. The Balaban J connectivity index is 2.90. The Hall–Kier alpha value is -0.247. The summed E-state index contributed by atoms with van der Waals surface area (Å²) in [6.07, 6.45) is 3.90. The molecule has 1 rings (SSSR count). The van der Waals surface area contributed by atoms with E-state index in [1.165, 1.54) is 0 Å². The number of hydrogen-bond acceptors (Lipinski definition) is 1. The van der Waals surface area contributed by atoms with E-state index < -0.39 is 13.5 Å². The first-order valence-corrected chi connectivity index (χ1v) is 10.3. The first-order valence-electron chi connectivity index (χ1n) is 3.11. The summed E-state index contributed by atoms with van der Waals surface area (Å²) in [4.78, 5) is 0. The van der Waals surface area contributed by atoms with Gasteiger partial charge in [-0.15, -0.1) is 0 Å². The monoisotopic (exact) mass is 186 g/mol. The molecule has 3 heteroatoms. The topological polar surface area (TPSA) is 17.8 Å². The van der Waals surface area contributed by atoms with E-state index in [1.807, 2.05) is 12.3 Å². The summed E-state index contributed by atoms with van der Waals surface area (Å²) < 4.78 is 2.12. The molecule has 0 amide bonds. The van der Waals surface area contributed by atoms with Gasteiger partial charge in [-0.1, -0.05) is 0 Å². The molecule has 9 heavy (non-hydrogen) atoms. The van der Waals surface area contributed by atoms with Gasteiger partial charge < -0.3 is 0 Å². The van der Waals surface area contributed by atoms with Crippen LogP contribution in [0.25, 0.3) is 0 Å². The van der Waals surface area contributed by atoms with Crippen LogP contribution in [0.1, 0.15) is 0 Å². The molecule has 0 fully saturated rings. The summed E-state index contributed by atoms with van der Waals surface area (Å²) in [5, 5.41) is 4.19. The zero-order valence-electron chi connectivity index (χ0n) is 6.13. The summed E-state index contributed by atoms with van der Waals surface area (Å²) >= 11 is -1.63. The first-order chi connectivity index (χ1) is 4.11. The molecule has 0 radical (unpaired) electrons. The van der Waals surface area contributed by atoms with Crippen molar-refractivity contribution in [2.75, 3.05) is 0 Å². The molecule has 0 unspecified atom stereocenters. The van der Waals surface area contributed by atoms with E-state index in [9.17, 15) is 0 Å². The van der Waals surface area contributed by atoms with Crippen molar-refractivity contribution in [3.05, 3.63) is 18.5 Å². The fourth-order valence-electron chi connectivity index (χ4n) is 0.666. The molecule has 0 aliphatic heterocycles. The van der Waals surface area contributed by atoms with E-state index >= 15 is 0 Å². The molecule has 0 atom stereocenters. The predicted molar refractivity (Wildman–Crippen MR) is 41.0 cm³/mol. The maximum atomic E-state index is 4.19. The number of aromatic nitrogens is 2. The third kappa shape index (κ3) is 1.58. The minimum absolute atomic E-state index is 1.63. The fraction of sp³-hybridized carbons (Fsp3) is 0.500. The van der Waals surface area contributed by atoms with Crippen LogP contribution in [0.4, 0.5) is 0 Å². The van der Waals surface area contributed by atoms with Crippen LogP contribution in [0.3, 0.4) is 0 Å². The van der Waals surface area contributed by atoms with Crippen molar-refractivity contribution >= 4 is 13.5 Å². The minimum atomic E-state index is -1.63. The zero-order valence-corrected chi connectivity index (χ0v) is 8.22. The Morgan fingerprint density at radius 3 is 2.22 bits per heavy atom. The van der Waals surface area contributed by atoms with Crippen LogP contribution in [-0.4, -0.2) is 22.2 Å². The van der Waals surface area contributed by atoms with Crippen LogP contribution in [0.2, 0.25) is 17.3 Å². The maximum absolute atomic E-state index is 4.19. The van der Waals surface area contributed by atoms with Crippen LogP contribution in [0.15, 0.2) is 18.5 Å². The second-order valence-electron chi connectivity index (χ2n) is 3.12.